The van der Waals surface area contributed by atoms with E-state index in [1.165, 1.54) is 28.0 Å². The third kappa shape index (κ3) is 2.99. The van der Waals surface area contributed by atoms with Gasteiger partial charge in [0.15, 0.2) is 0 Å². The molecule has 2 rings (SSSR count). The van der Waals surface area contributed by atoms with Crippen molar-refractivity contribution >= 4 is 40.5 Å². The van der Waals surface area contributed by atoms with Crippen molar-refractivity contribution in [3.63, 3.8) is 0 Å². The van der Waals surface area contributed by atoms with Crippen molar-refractivity contribution < 1.29 is 9.59 Å². The molecule has 2 heterocycles. The van der Waals surface area contributed by atoms with Crippen LogP contribution in [0, 0.1) is 0 Å². The molecule has 5 heteroatoms. The lowest BCUT2D eigenvalue weighted by atomic mass is 10.2. The first-order valence-electron chi connectivity index (χ1n) is 6.87. The molecular formula is C15H19NO2S2. The first-order valence-corrected chi connectivity index (χ1v) is 8.63. The van der Waals surface area contributed by atoms with Crippen LogP contribution in [0.4, 0.5) is 0 Å². The number of thioether (sulfide) groups is 1. The number of thiophene rings is 1. The molecule has 20 heavy (non-hydrogen) atoms. The molecule has 3 nitrogen and oxygen atoms in total. The minimum Gasteiger partial charge on any atom is -0.274 e. The average Bonchev–Trinajstić information content (AvgIpc) is 2.97. The summed E-state index contributed by atoms with van der Waals surface area (Å²) in [5.74, 6) is -0.250. The Hall–Kier alpha value is -1.07. The number of nitrogens with zero attached hydrogens (tertiary/aromatic N) is 1. The van der Waals surface area contributed by atoms with Gasteiger partial charge in [-0.05, 0) is 17.9 Å². The highest BCUT2D eigenvalue weighted by molar-refractivity contribution is 8.04. The van der Waals surface area contributed by atoms with Crippen molar-refractivity contribution in [2.24, 2.45) is 0 Å². The monoisotopic (exact) mass is 309 g/mol. The van der Waals surface area contributed by atoms with Gasteiger partial charge in [-0.15, -0.1) is 23.1 Å². The van der Waals surface area contributed by atoms with Crippen molar-refractivity contribution in [1.82, 2.24) is 4.90 Å². The molecule has 0 aliphatic carbocycles. The third-order valence-electron chi connectivity index (χ3n) is 2.98. The van der Waals surface area contributed by atoms with Crippen molar-refractivity contribution in [3.05, 3.63) is 27.3 Å². The van der Waals surface area contributed by atoms with Gasteiger partial charge in [0.05, 0.1) is 10.5 Å². The first kappa shape index (κ1) is 15.3. The van der Waals surface area contributed by atoms with Gasteiger partial charge in [0.2, 0.25) is 0 Å². The maximum atomic E-state index is 12.6. The molecule has 1 aliphatic rings. The molecule has 108 valence electrons. The molecule has 0 fully saturated rings. The molecule has 0 bridgehead atoms. The predicted octanol–water partition coefficient (Wildman–Crippen LogP) is 3.77. The quantitative estimate of drug-likeness (QED) is 0.751. The van der Waals surface area contributed by atoms with Crippen LogP contribution in [0.1, 0.15) is 38.5 Å². The Kier molecular flexibility index (Phi) is 5.05. The molecule has 1 aromatic heterocycles. The molecule has 1 aliphatic heterocycles. The van der Waals surface area contributed by atoms with Gasteiger partial charge in [0.25, 0.3) is 11.8 Å². The van der Waals surface area contributed by atoms with E-state index in [1.807, 2.05) is 31.4 Å². The molecule has 1 aromatic rings. The van der Waals surface area contributed by atoms with E-state index in [-0.39, 0.29) is 17.1 Å². The maximum absolute atomic E-state index is 12.6. The summed E-state index contributed by atoms with van der Waals surface area (Å²) >= 11 is 3.00. The zero-order valence-electron chi connectivity index (χ0n) is 12.0. The number of unbranched alkanes of at least 4 members (excludes halogenated alkanes) is 1. The van der Waals surface area contributed by atoms with Gasteiger partial charge >= 0.3 is 0 Å². The summed E-state index contributed by atoms with van der Waals surface area (Å²) in [5, 5.41) is 2.22. The second-order valence-corrected chi connectivity index (χ2v) is 7.50. The van der Waals surface area contributed by atoms with Gasteiger partial charge in [0, 0.05) is 16.7 Å². The summed E-state index contributed by atoms with van der Waals surface area (Å²) in [6, 6.07) is 3.83. The minimum absolute atomic E-state index is 0.120. The molecular weight excluding hydrogens is 290 g/mol. The van der Waals surface area contributed by atoms with Crippen LogP contribution in [0.15, 0.2) is 22.4 Å². The maximum Gasteiger partial charge on any atom is 0.268 e. The van der Waals surface area contributed by atoms with Gasteiger partial charge in [-0.2, -0.15) is 0 Å². The van der Waals surface area contributed by atoms with Crippen LogP contribution in [-0.4, -0.2) is 28.5 Å². The van der Waals surface area contributed by atoms with Gasteiger partial charge in [-0.1, -0.05) is 33.3 Å². The number of rotatable bonds is 6. The molecule has 0 aromatic carbocycles. The average molecular weight is 309 g/mol. The fourth-order valence-electron chi connectivity index (χ4n) is 2.06. The topological polar surface area (TPSA) is 37.4 Å². The second kappa shape index (κ2) is 6.59. The lowest BCUT2D eigenvalue weighted by Crippen LogP contribution is -2.32. The molecule has 2 amide bonds. The molecule has 0 atom stereocenters. The molecule has 0 radical (unpaired) electrons. The summed E-state index contributed by atoms with van der Waals surface area (Å²) in [4.78, 5) is 28.0. The van der Waals surface area contributed by atoms with E-state index in [0.717, 1.165) is 17.7 Å². The van der Waals surface area contributed by atoms with Crippen LogP contribution in [0.25, 0.3) is 5.57 Å². The highest BCUT2D eigenvalue weighted by atomic mass is 32.2. The summed E-state index contributed by atoms with van der Waals surface area (Å²) < 4.78 is 0. The Balaban J connectivity index is 2.37. The SMILES string of the molecule is CCCCN1C(=O)C(SC(C)C)=C(c2cccs2)C1=O. The summed E-state index contributed by atoms with van der Waals surface area (Å²) in [6.45, 7) is 6.65. The largest absolute Gasteiger partial charge is 0.274 e. The van der Waals surface area contributed by atoms with Crippen LogP contribution in [-0.2, 0) is 9.59 Å². The Morgan fingerprint density at radius 1 is 1.30 bits per heavy atom. The van der Waals surface area contributed by atoms with Gasteiger partial charge in [0.1, 0.15) is 0 Å². The Morgan fingerprint density at radius 3 is 2.60 bits per heavy atom. The van der Waals surface area contributed by atoms with Crippen LogP contribution in [0.2, 0.25) is 0 Å². The second-order valence-electron chi connectivity index (χ2n) is 4.96. The molecule has 0 saturated heterocycles. The van der Waals surface area contributed by atoms with E-state index in [0.29, 0.717) is 17.0 Å². The number of hydrogen-bond donors (Lipinski definition) is 0. The summed E-state index contributed by atoms with van der Waals surface area (Å²) in [5.41, 5.74) is 0.597. The fraction of sp³-hybridized carbons (Fsp3) is 0.467. The van der Waals surface area contributed by atoms with Gasteiger partial charge in [-0.3, -0.25) is 14.5 Å². The van der Waals surface area contributed by atoms with Crippen molar-refractivity contribution in [3.8, 4) is 0 Å². The standard InChI is InChI=1S/C15H19NO2S2/c1-4-5-8-16-14(17)12(11-7-6-9-19-11)13(15(16)18)20-10(2)3/h6-7,9-10H,4-5,8H2,1-3H3. The van der Waals surface area contributed by atoms with Crippen LogP contribution >= 0.6 is 23.1 Å². The number of carbonyl (C=O) groups excluding carboxylic acids is 2. The number of carbonyl (C=O) groups is 2. The van der Waals surface area contributed by atoms with E-state index in [1.54, 1.807) is 0 Å². The Bertz CT molecular complexity index is 532. The summed E-state index contributed by atoms with van der Waals surface area (Å²) in [6.07, 6.45) is 1.83. The van der Waals surface area contributed by atoms with E-state index in [4.69, 9.17) is 0 Å². The molecule has 0 saturated carbocycles. The van der Waals surface area contributed by atoms with Gasteiger partial charge in [-0.25, -0.2) is 0 Å². The molecule has 0 spiro atoms. The van der Waals surface area contributed by atoms with E-state index in [2.05, 4.69) is 6.92 Å². The van der Waals surface area contributed by atoms with Gasteiger partial charge < -0.3 is 0 Å². The predicted molar refractivity (Wildman–Crippen MR) is 85.6 cm³/mol. The van der Waals surface area contributed by atoms with Crippen LogP contribution in [0.5, 0.6) is 0 Å². The number of amides is 2. The fourth-order valence-corrected chi connectivity index (χ4v) is 3.89. The van der Waals surface area contributed by atoms with Crippen LogP contribution in [0.3, 0.4) is 0 Å². The third-order valence-corrected chi connectivity index (χ3v) is 4.96. The highest BCUT2D eigenvalue weighted by Crippen LogP contribution is 2.39. The summed E-state index contributed by atoms with van der Waals surface area (Å²) in [7, 11) is 0. The van der Waals surface area contributed by atoms with Crippen molar-refractivity contribution in [2.75, 3.05) is 6.54 Å². The number of hydrogen-bond acceptors (Lipinski definition) is 4. The minimum atomic E-state index is -0.131. The Labute approximate surface area is 128 Å². The lowest BCUT2D eigenvalue weighted by Gasteiger charge is -2.14. The number of imide groups is 1. The van der Waals surface area contributed by atoms with Crippen LogP contribution < -0.4 is 0 Å². The normalized spacial score (nSPS) is 15.9. The van der Waals surface area contributed by atoms with E-state index >= 15 is 0 Å². The van der Waals surface area contributed by atoms with Crippen molar-refractivity contribution in [2.45, 2.75) is 38.9 Å². The first-order chi connectivity index (χ1) is 9.56. The Morgan fingerprint density at radius 2 is 2.05 bits per heavy atom. The molecule has 0 N–H and O–H groups in total. The van der Waals surface area contributed by atoms with Crippen molar-refractivity contribution in [1.29, 1.82) is 0 Å². The smallest absolute Gasteiger partial charge is 0.268 e. The zero-order valence-corrected chi connectivity index (χ0v) is 13.6. The van der Waals surface area contributed by atoms with E-state index < -0.39 is 0 Å². The van der Waals surface area contributed by atoms with E-state index in [9.17, 15) is 9.59 Å². The zero-order chi connectivity index (χ0) is 14.7. The highest BCUT2D eigenvalue weighted by Gasteiger charge is 2.39. The lowest BCUT2D eigenvalue weighted by molar-refractivity contribution is -0.136. The molecule has 0 unspecified atom stereocenters.